The normalized spacial score (nSPS) is 14.4. The second-order valence-corrected chi connectivity index (χ2v) is 4.69. The zero-order valence-electron chi connectivity index (χ0n) is 12.2. The van der Waals surface area contributed by atoms with E-state index in [1.54, 1.807) is 0 Å². The van der Waals surface area contributed by atoms with Gasteiger partial charge in [-0.25, -0.2) is 0 Å². The van der Waals surface area contributed by atoms with E-state index in [0.29, 0.717) is 0 Å². The summed E-state index contributed by atoms with van der Waals surface area (Å²) in [6.07, 6.45) is 2.54. The molecule has 0 bridgehead atoms. The van der Waals surface area contributed by atoms with Crippen LogP contribution in [-0.4, -0.2) is 19.3 Å². The maximum atomic E-state index is 5.75. The summed E-state index contributed by atoms with van der Waals surface area (Å²) in [6, 6.07) is 9.16. The van der Waals surface area contributed by atoms with E-state index >= 15 is 0 Å². The van der Waals surface area contributed by atoms with Crippen LogP contribution in [0.5, 0.6) is 0 Å². The average Bonchev–Trinajstić information content (AvgIpc) is 2.37. The van der Waals surface area contributed by atoms with Crippen molar-refractivity contribution >= 4 is 0 Å². The highest BCUT2D eigenvalue weighted by atomic mass is 16.5. The van der Waals surface area contributed by atoms with E-state index in [9.17, 15) is 0 Å². The summed E-state index contributed by atoms with van der Waals surface area (Å²) in [7, 11) is 0. The molecule has 102 valence electrons. The molecule has 1 aromatic carbocycles. The summed E-state index contributed by atoms with van der Waals surface area (Å²) in [6.45, 7) is 10.3. The topological polar surface area (TPSA) is 21.3 Å². The summed E-state index contributed by atoms with van der Waals surface area (Å²) in [5.41, 5.74) is 2.75. The van der Waals surface area contributed by atoms with Gasteiger partial charge in [0.15, 0.2) is 0 Å². The smallest absolute Gasteiger partial charge is 0.0741 e. The van der Waals surface area contributed by atoms with Crippen molar-refractivity contribution in [3.63, 3.8) is 0 Å². The molecule has 2 atom stereocenters. The standard InChI is InChI=1S/C16H27NO/c1-5-9-14-10-8-11-15(12-14)16(17-6-2)13(4)18-7-3/h8,10-13,16-17H,5-7,9H2,1-4H3. The molecule has 0 spiro atoms. The molecule has 1 aromatic rings. The molecule has 2 nitrogen and oxygen atoms in total. The molecule has 0 radical (unpaired) electrons. The molecule has 1 rings (SSSR count). The van der Waals surface area contributed by atoms with Crippen molar-refractivity contribution in [2.75, 3.05) is 13.2 Å². The number of hydrogen-bond donors (Lipinski definition) is 1. The van der Waals surface area contributed by atoms with Crippen LogP contribution in [0.3, 0.4) is 0 Å². The van der Waals surface area contributed by atoms with Crippen molar-refractivity contribution in [1.29, 1.82) is 0 Å². The van der Waals surface area contributed by atoms with E-state index in [0.717, 1.165) is 19.6 Å². The van der Waals surface area contributed by atoms with Gasteiger partial charge in [-0.1, -0.05) is 44.5 Å². The van der Waals surface area contributed by atoms with Gasteiger partial charge in [0.25, 0.3) is 0 Å². The predicted molar refractivity (Wildman–Crippen MR) is 77.9 cm³/mol. The van der Waals surface area contributed by atoms with Gasteiger partial charge >= 0.3 is 0 Å². The first kappa shape index (κ1) is 15.2. The second kappa shape index (κ2) is 8.28. The van der Waals surface area contributed by atoms with Gasteiger partial charge in [0, 0.05) is 6.61 Å². The first-order valence-corrected chi connectivity index (χ1v) is 7.16. The molecule has 0 saturated heterocycles. The van der Waals surface area contributed by atoms with Crippen molar-refractivity contribution in [3.05, 3.63) is 35.4 Å². The molecule has 0 fully saturated rings. The molecule has 0 aliphatic heterocycles. The quantitative estimate of drug-likeness (QED) is 0.758. The first-order valence-electron chi connectivity index (χ1n) is 7.16. The van der Waals surface area contributed by atoms with Crippen LogP contribution in [0, 0.1) is 0 Å². The Morgan fingerprint density at radius 3 is 2.61 bits per heavy atom. The minimum Gasteiger partial charge on any atom is -0.377 e. The van der Waals surface area contributed by atoms with E-state index in [-0.39, 0.29) is 12.1 Å². The minimum atomic E-state index is 0.201. The average molecular weight is 249 g/mol. The molecule has 2 heteroatoms. The SMILES string of the molecule is CCCc1cccc(C(NCC)C(C)OCC)c1. The van der Waals surface area contributed by atoms with Gasteiger partial charge in [-0.3, -0.25) is 0 Å². The van der Waals surface area contributed by atoms with E-state index < -0.39 is 0 Å². The monoisotopic (exact) mass is 249 g/mol. The van der Waals surface area contributed by atoms with Gasteiger partial charge in [0.05, 0.1) is 12.1 Å². The van der Waals surface area contributed by atoms with Crippen molar-refractivity contribution < 1.29 is 4.74 Å². The lowest BCUT2D eigenvalue weighted by atomic mass is 9.98. The third kappa shape index (κ3) is 4.43. The van der Waals surface area contributed by atoms with Crippen LogP contribution in [0.15, 0.2) is 24.3 Å². The number of rotatable bonds is 8. The fourth-order valence-corrected chi connectivity index (χ4v) is 2.36. The molecule has 0 saturated carbocycles. The van der Waals surface area contributed by atoms with Crippen LogP contribution in [0.1, 0.15) is 51.3 Å². The lowest BCUT2D eigenvalue weighted by molar-refractivity contribution is 0.0476. The number of aryl methyl sites for hydroxylation is 1. The van der Waals surface area contributed by atoms with Gasteiger partial charge in [0.2, 0.25) is 0 Å². The van der Waals surface area contributed by atoms with Crippen molar-refractivity contribution in [2.45, 2.75) is 52.7 Å². The Bertz CT molecular complexity index is 338. The summed E-state index contributed by atoms with van der Waals surface area (Å²) in [4.78, 5) is 0. The summed E-state index contributed by atoms with van der Waals surface area (Å²) < 4.78 is 5.75. The van der Waals surface area contributed by atoms with E-state index in [1.165, 1.54) is 17.5 Å². The van der Waals surface area contributed by atoms with E-state index in [4.69, 9.17) is 4.74 Å². The van der Waals surface area contributed by atoms with E-state index in [2.05, 4.69) is 50.4 Å². The summed E-state index contributed by atoms with van der Waals surface area (Å²) in [5.74, 6) is 0. The number of ether oxygens (including phenoxy) is 1. The third-order valence-corrected chi connectivity index (χ3v) is 3.17. The Morgan fingerprint density at radius 1 is 1.22 bits per heavy atom. The number of likely N-dealkylation sites (N-methyl/N-ethyl adjacent to an activating group) is 1. The third-order valence-electron chi connectivity index (χ3n) is 3.17. The summed E-state index contributed by atoms with van der Waals surface area (Å²) >= 11 is 0. The van der Waals surface area contributed by atoms with Crippen molar-refractivity contribution in [1.82, 2.24) is 5.32 Å². The van der Waals surface area contributed by atoms with Crippen LogP contribution in [0.4, 0.5) is 0 Å². The van der Waals surface area contributed by atoms with Crippen LogP contribution < -0.4 is 5.32 Å². The molecule has 18 heavy (non-hydrogen) atoms. The number of hydrogen-bond acceptors (Lipinski definition) is 2. The van der Waals surface area contributed by atoms with Gasteiger partial charge in [-0.15, -0.1) is 0 Å². The van der Waals surface area contributed by atoms with Crippen molar-refractivity contribution in [2.24, 2.45) is 0 Å². The summed E-state index contributed by atoms with van der Waals surface area (Å²) in [5, 5.41) is 3.53. The lowest BCUT2D eigenvalue weighted by Gasteiger charge is -2.25. The molecule has 0 aromatic heterocycles. The highest BCUT2D eigenvalue weighted by Gasteiger charge is 2.18. The Hall–Kier alpha value is -0.860. The Morgan fingerprint density at radius 2 is 2.00 bits per heavy atom. The maximum Gasteiger partial charge on any atom is 0.0741 e. The molecule has 0 heterocycles. The van der Waals surface area contributed by atoms with Crippen molar-refractivity contribution in [3.8, 4) is 0 Å². The van der Waals surface area contributed by atoms with Crippen LogP contribution in [-0.2, 0) is 11.2 Å². The van der Waals surface area contributed by atoms with Gasteiger partial charge < -0.3 is 10.1 Å². The molecular formula is C16H27NO. The Balaban J connectivity index is 2.86. The zero-order valence-corrected chi connectivity index (χ0v) is 12.2. The highest BCUT2D eigenvalue weighted by Crippen LogP contribution is 2.21. The lowest BCUT2D eigenvalue weighted by Crippen LogP contribution is -2.32. The second-order valence-electron chi connectivity index (χ2n) is 4.69. The predicted octanol–water partition coefficient (Wildman–Crippen LogP) is 3.71. The van der Waals surface area contributed by atoms with Gasteiger partial charge in [-0.2, -0.15) is 0 Å². The van der Waals surface area contributed by atoms with Crippen LogP contribution in [0.2, 0.25) is 0 Å². The zero-order chi connectivity index (χ0) is 13.4. The molecule has 0 aliphatic carbocycles. The molecule has 0 aliphatic rings. The Kier molecular flexibility index (Phi) is 6.99. The highest BCUT2D eigenvalue weighted by molar-refractivity contribution is 5.27. The minimum absolute atomic E-state index is 0.201. The van der Waals surface area contributed by atoms with Crippen LogP contribution >= 0.6 is 0 Å². The first-order chi connectivity index (χ1) is 8.72. The fourth-order valence-electron chi connectivity index (χ4n) is 2.36. The van der Waals surface area contributed by atoms with Gasteiger partial charge in [0.1, 0.15) is 0 Å². The molecule has 1 N–H and O–H groups in total. The molecular weight excluding hydrogens is 222 g/mol. The molecule has 2 unspecified atom stereocenters. The van der Waals surface area contributed by atoms with Crippen LogP contribution in [0.25, 0.3) is 0 Å². The Labute approximate surface area is 112 Å². The fraction of sp³-hybridized carbons (Fsp3) is 0.625. The number of benzene rings is 1. The number of nitrogens with one attached hydrogen (secondary N) is 1. The maximum absolute atomic E-state index is 5.75. The molecule has 0 amide bonds. The van der Waals surface area contributed by atoms with Gasteiger partial charge in [-0.05, 0) is 37.9 Å². The largest absolute Gasteiger partial charge is 0.377 e. The van der Waals surface area contributed by atoms with E-state index in [1.807, 2.05) is 6.92 Å².